The van der Waals surface area contributed by atoms with Gasteiger partial charge in [-0.2, -0.15) is 0 Å². The average molecular weight is 434 g/mol. The minimum Gasteiger partial charge on any atom is -0.497 e. The Morgan fingerprint density at radius 1 is 1.11 bits per heavy atom. The second-order valence-electron chi connectivity index (χ2n) is 6.02. The number of carbonyl (C=O) groups is 2. The van der Waals surface area contributed by atoms with Gasteiger partial charge in [-0.15, -0.1) is 0 Å². The molecule has 2 aromatic rings. The van der Waals surface area contributed by atoms with Crippen LogP contribution in [0.2, 0.25) is 0 Å². The van der Waals surface area contributed by atoms with E-state index in [-0.39, 0.29) is 18.4 Å². The first kappa shape index (κ1) is 20.9. The number of methoxy groups -OCH3 is 1. The van der Waals surface area contributed by atoms with Crippen molar-refractivity contribution in [1.82, 2.24) is 4.90 Å². The van der Waals surface area contributed by atoms with Crippen LogP contribution in [-0.2, 0) is 9.59 Å². The van der Waals surface area contributed by atoms with Crippen molar-refractivity contribution in [3.05, 3.63) is 53.0 Å². The van der Waals surface area contributed by atoms with Crippen LogP contribution in [0.1, 0.15) is 13.8 Å². The number of carbonyl (C=O) groups excluding carboxylic acids is 2. The number of nitrogens with zero attached hydrogens (tertiary/aromatic N) is 1. The molecule has 7 heteroatoms. The summed E-state index contributed by atoms with van der Waals surface area (Å²) in [5.74, 6) is 0.386. The highest BCUT2D eigenvalue weighted by Gasteiger charge is 2.22. The van der Waals surface area contributed by atoms with Gasteiger partial charge in [-0.3, -0.25) is 14.5 Å². The van der Waals surface area contributed by atoms with E-state index in [9.17, 15) is 9.59 Å². The van der Waals surface area contributed by atoms with E-state index in [4.69, 9.17) is 4.74 Å². The third-order valence-corrected chi connectivity index (χ3v) is 4.64. The Bertz CT molecular complexity index is 780. The lowest BCUT2D eigenvalue weighted by molar-refractivity contribution is -0.123. The van der Waals surface area contributed by atoms with Crippen molar-refractivity contribution in [3.63, 3.8) is 0 Å². The number of ether oxygens (including phenoxy) is 1. The van der Waals surface area contributed by atoms with Gasteiger partial charge < -0.3 is 15.4 Å². The van der Waals surface area contributed by atoms with Gasteiger partial charge in [0.1, 0.15) is 5.75 Å². The molecule has 1 unspecified atom stereocenters. The lowest BCUT2D eigenvalue weighted by Gasteiger charge is -2.26. The molecule has 0 aromatic heterocycles. The monoisotopic (exact) mass is 433 g/mol. The maximum absolute atomic E-state index is 12.5. The first-order chi connectivity index (χ1) is 12.9. The van der Waals surface area contributed by atoms with Gasteiger partial charge in [-0.05, 0) is 55.9 Å². The molecule has 2 aromatic carbocycles. The highest BCUT2D eigenvalue weighted by Crippen LogP contribution is 2.17. The van der Waals surface area contributed by atoms with E-state index < -0.39 is 6.04 Å². The molecular formula is C20H24BrN3O3. The molecule has 1 atom stereocenters. The fraction of sp³-hybridized carbons (Fsp3) is 0.300. The molecule has 0 bridgehead atoms. The topological polar surface area (TPSA) is 70.7 Å². The minimum absolute atomic E-state index is 0.121. The molecule has 0 spiro atoms. The molecule has 2 N–H and O–H groups in total. The molecule has 6 nitrogen and oxygen atoms in total. The lowest BCUT2D eigenvalue weighted by atomic mass is 10.2. The van der Waals surface area contributed by atoms with E-state index in [0.717, 1.165) is 10.2 Å². The Labute approximate surface area is 168 Å². The van der Waals surface area contributed by atoms with Crippen LogP contribution in [0.15, 0.2) is 53.0 Å². The van der Waals surface area contributed by atoms with Gasteiger partial charge in [0.25, 0.3) is 0 Å². The summed E-state index contributed by atoms with van der Waals surface area (Å²) in [5.41, 5.74) is 1.39. The molecular weight excluding hydrogens is 410 g/mol. The Balaban J connectivity index is 1.93. The van der Waals surface area contributed by atoms with E-state index in [1.807, 2.05) is 36.1 Å². The van der Waals surface area contributed by atoms with Crippen molar-refractivity contribution in [2.45, 2.75) is 19.9 Å². The van der Waals surface area contributed by atoms with E-state index in [0.29, 0.717) is 17.9 Å². The molecule has 0 saturated heterocycles. The van der Waals surface area contributed by atoms with Gasteiger partial charge in [-0.1, -0.05) is 28.9 Å². The third-order valence-electron chi connectivity index (χ3n) is 4.15. The van der Waals surface area contributed by atoms with E-state index in [1.165, 1.54) is 0 Å². The van der Waals surface area contributed by atoms with Crippen molar-refractivity contribution in [2.75, 3.05) is 30.8 Å². The third kappa shape index (κ3) is 6.37. The number of hydrogen-bond donors (Lipinski definition) is 2. The standard InChI is InChI=1S/C20H24BrN3O3/c1-4-24(13-19(25)22-16-8-10-18(27-3)11-9-16)14(2)20(26)23-17-7-5-6-15(21)12-17/h5-12,14H,4,13H2,1-3H3,(H,22,25)(H,23,26). The highest BCUT2D eigenvalue weighted by atomic mass is 79.9. The summed E-state index contributed by atoms with van der Waals surface area (Å²) >= 11 is 3.38. The van der Waals surface area contributed by atoms with Crippen LogP contribution in [-0.4, -0.2) is 43.0 Å². The van der Waals surface area contributed by atoms with Crippen molar-refractivity contribution in [2.24, 2.45) is 0 Å². The van der Waals surface area contributed by atoms with Crippen LogP contribution in [0.4, 0.5) is 11.4 Å². The predicted octanol–water partition coefficient (Wildman–Crippen LogP) is 3.75. The summed E-state index contributed by atoms with van der Waals surface area (Å²) < 4.78 is 5.99. The molecule has 0 aliphatic carbocycles. The highest BCUT2D eigenvalue weighted by molar-refractivity contribution is 9.10. The maximum atomic E-state index is 12.5. The van der Waals surface area contributed by atoms with Gasteiger partial charge >= 0.3 is 0 Å². The summed E-state index contributed by atoms with van der Waals surface area (Å²) in [5, 5.41) is 5.71. The molecule has 0 radical (unpaired) electrons. The van der Waals surface area contributed by atoms with Crippen LogP contribution < -0.4 is 15.4 Å². The molecule has 0 fully saturated rings. The van der Waals surface area contributed by atoms with Gasteiger partial charge in [0, 0.05) is 15.8 Å². The van der Waals surface area contributed by atoms with E-state index in [1.54, 1.807) is 38.3 Å². The minimum atomic E-state index is -0.449. The number of amides is 2. The Hall–Kier alpha value is -2.38. The summed E-state index contributed by atoms with van der Waals surface area (Å²) in [6, 6.07) is 14.1. The number of likely N-dealkylation sites (N-methyl/N-ethyl adjacent to an activating group) is 1. The molecule has 0 aliphatic rings. The first-order valence-electron chi connectivity index (χ1n) is 8.67. The fourth-order valence-corrected chi connectivity index (χ4v) is 2.96. The second kappa shape index (κ2) is 10.1. The van der Waals surface area contributed by atoms with Gasteiger partial charge in [-0.25, -0.2) is 0 Å². The second-order valence-corrected chi connectivity index (χ2v) is 6.93. The summed E-state index contributed by atoms with van der Waals surface area (Å²) in [7, 11) is 1.59. The number of rotatable bonds is 8. The zero-order valence-electron chi connectivity index (χ0n) is 15.7. The van der Waals surface area contributed by atoms with Crippen LogP contribution in [0.3, 0.4) is 0 Å². The Morgan fingerprint density at radius 3 is 2.41 bits per heavy atom. The number of hydrogen-bond acceptors (Lipinski definition) is 4. The molecule has 2 amide bonds. The summed E-state index contributed by atoms with van der Waals surface area (Å²) in [6.07, 6.45) is 0. The predicted molar refractivity (Wildman–Crippen MR) is 111 cm³/mol. The zero-order valence-corrected chi connectivity index (χ0v) is 17.2. The fourth-order valence-electron chi connectivity index (χ4n) is 2.56. The normalized spacial score (nSPS) is 11.7. The Morgan fingerprint density at radius 2 is 1.81 bits per heavy atom. The Kier molecular flexibility index (Phi) is 7.82. The maximum Gasteiger partial charge on any atom is 0.241 e. The van der Waals surface area contributed by atoms with Gasteiger partial charge in [0.2, 0.25) is 11.8 Å². The lowest BCUT2D eigenvalue weighted by Crippen LogP contribution is -2.45. The quantitative estimate of drug-likeness (QED) is 0.664. The largest absolute Gasteiger partial charge is 0.497 e. The molecule has 144 valence electrons. The van der Waals surface area contributed by atoms with Crippen molar-refractivity contribution < 1.29 is 14.3 Å². The summed E-state index contributed by atoms with van der Waals surface area (Å²) in [6.45, 7) is 4.40. The number of benzene rings is 2. The van der Waals surface area contributed by atoms with Crippen LogP contribution >= 0.6 is 15.9 Å². The molecule has 0 aliphatic heterocycles. The van der Waals surface area contributed by atoms with Crippen molar-refractivity contribution >= 4 is 39.1 Å². The molecule has 2 rings (SSSR count). The molecule has 0 saturated carbocycles. The number of nitrogens with one attached hydrogen (secondary N) is 2. The number of halogens is 1. The number of anilines is 2. The van der Waals surface area contributed by atoms with Gasteiger partial charge in [0.05, 0.1) is 19.7 Å². The average Bonchev–Trinajstić information content (AvgIpc) is 2.66. The zero-order chi connectivity index (χ0) is 19.8. The van der Waals surface area contributed by atoms with Crippen molar-refractivity contribution in [1.29, 1.82) is 0 Å². The van der Waals surface area contributed by atoms with Crippen LogP contribution in [0, 0.1) is 0 Å². The SMILES string of the molecule is CCN(CC(=O)Nc1ccc(OC)cc1)C(C)C(=O)Nc1cccc(Br)c1. The smallest absolute Gasteiger partial charge is 0.241 e. The van der Waals surface area contributed by atoms with E-state index in [2.05, 4.69) is 26.6 Å². The first-order valence-corrected chi connectivity index (χ1v) is 9.46. The molecule has 0 heterocycles. The van der Waals surface area contributed by atoms with Gasteiger partial charge in [0.15, 0.2) is 0 Å². The van der Waals surface area contributed by atoms with Crippen molar-refractivity contribution in [3.8, 4) is 5.75 Å². The molecule has 27 heavy (non-hydrogen) atoms. The van der Waals surface area contributed by atoms with Crippen LogP contribution in [0.5, 0.6) is 5.75 Å². The van der Waals surface area contributed by atoms with Crippen LogP contribution in [0.25, 0.3) is 0 Å². The van der Waals surface area contributed by atoms with E-state index >= 15 is 0 Å². The summed E-state index contributed by atoms with van der Waals surface area (Å²) in [4.78, 5) is 26.7.